The van der Waals surface area contributed by atoms with Gasteiger partial charge in [0, 0.05) is 18.6 Å². The first-order valence-corrected chi connectivity index (χ1v) is 4.57. The first-order chi connectivity index (χ1) is 6.31. The zero-order valence-corrected chi connectivity index (χ0v) is 7.42. The van der Waals surface area contributed by atoms with E-state index in [-0.39, 0.29) is 12.4 Å². The molecule has 0 aromatic heterocycles. The molecule has 0 radical (unpaired) electrons. The average Bonchev–Trinajstić information content (AvgIpc) is 2.49. The quantitative estimate of drug-likeness (QED) is 0.738. The molecule has 1 aromatic carbocycles. The van der Waals surface area contributed by atoms with Crippen LogP contribution in [0.5, 0.6) is 0 Å². The maximum absolute atomic E-state index is 11.4. The molecule has 68 valence electrons. The lowest BCUT2D eigenvalue weighted by Gasteiger charge is -2.01. The zero-order valence-electron chi connectivity index (χ0n) is 7.42. The van der Waals surface area contributed by atoms with E-state index in [1.165, 1.54) is 0 Å². The summed E-state index contributed by atoms with van der Waals surface area (Å²) in [5.74, 6) is 0.245. The fraction of sp³-hybridized carbons (Fsp3) is 0.364. The molecule has 0 saturated carbocycles. The van der Waals surface area contributed by atoms with Gasteiger partial charge in [-0.3, -0.25) is 4.79 Å². The second-order valence-corrected chi connectivity index (χ2v) is 3.39. The van der Waals surface area contributed by atoms with Crippen molar-refractivity contribution in [2.24, 2.45) is 0 Å². The highest BCUT2D eigenvalue weighted by molar-refractivity contribution is 6.00. The van der Waals surface area contributed by atoms with Crippen molar-refractivity contribution in [3.63, 3.8) is 0 Å². The number of hydrogen-bond donors (Lipinski definition) is 1. The number of ketones is 1. The molecule has 0 atom stereocenters. The number of aliphatic hydroxyl groups excluding tert-OH is 1. The molecule has 0 amide bonds. The van der Waals surface area contributed by atoms with Crippen molar-refractivity contribution in [3.05, 3.63) is 34.9 Å². The number of aryl methyl sites for hydroxylation is 1. The average molecular weight is 176 g/mol. The van der Waals surface area contributed by atoms with Gasteiger partial charge < -0.3 is 5.11 Å². The molecule has 0 bridgehead atoms. The van der Waals surface area contributed by atoms with Crippen LogP contribution >= 0.6 is 0 Å². The normalized spacial score (nSPS) is 14.7. The van der Waals surface area contributed by atoms with E-state index in [0.29, 0.717) is 12.8 Å². The molecule has 0 fully saturated rings. The Morgan fingerprint density at radius 2 is 2.15 bits per heavy atom. The van der Waals surface area contributed by atoms with Crippen LogP contribution in [-0.2, 0) is 12.8 Å². The highest BCUT2D eigenvalue weighted by Crippen LogP contribution is 2.22. The van der Waals surface area contributed by atoms with E-state index in [0.717, 1.165) is 23.1 Å². The van der Waals surface area contributed by atoms with Crippen molar-refractivity contribution >= 4 is 5.78 Å². The molecular weight excluding hydrogens is 164 g/mol. The van der Waals surface area contributed by atoms with Crippen molar-refractivity contribution in [3.8, 4) is 0 Å². The lowest BCUT2D eigenvalue weighted by molar-refractivity contribution is 0.0994. The number of fused-ring (bicyclic) bond motifs is 1. The zero-order chi connectivity index (χ0) is 9.26. The third-order valence-electron chi connectivity index (χ3n) is 2.50. The molecule has 0 unspecified atom stereocenters. The van der Waals surface area contributed by atoms with Crippen LogP contribution in [0.3, 0.4) is 0 Å². The Balaban J connectivity index is 2.36. The Kier molecular flexibility index (Phi) is 2.15. The van der Waals surface area contributed by atoms with E-state index < -0.39 is 0 Å². The molecule has 1 N–H and O–H groups in total. The van der Waals surface area contributed by atoms with Gasteiger partial charge >= 0.3 is 0 Å². The van der Waals surface area contributed by atoms with Gasteiger partial charge in [0.2, 0.25) is 0 Å². The van der Waals surface area contributed by atoms with E-state index in [9.17, 15) is 4.79 Å². The van der Waals surface area contributed by atoms with Crippen molar-refractivity contribution < 1.29 is 9.90 Å². The van der Waals surface area contributed by atoms with E-state index >= 15 is 0 Å². The van der Waals surface area contributed by atoms with Crippen molar-refractivity contribution in [2.45, 2.75) is 19.3 Å². The molecule has 0 saturated heterocycles. The smallest absolute Gasteiger partial charge is 0.163 e. The molecule has 1 aliphatic rings. The standard InChI is InChI=1S/C11H12O2/c12-6-5-8-1-2-9-3-4-11(13)10(9)7-8/h1-2,7,12H,3-6H2. The molecule has 0 heterocycles. The Bertz CT molecular complexity index is 342. The van der Waals surface area contributed by atoms with Crippen LogP contribution in [0.1, 0.15) is 27.9 Å². The second kappa shape index (κ2) is 3.30. The SMILES string of the molecule is O=C1CCc2ccc(CCO)cc21. The third-order valence-corrected chi connectivity index (χ3v) is 2.50. The van der Waals surface area contributed by atoms with Crippen LogP contribution < -0.4 is 0 Å². The van der Waals surface area contributed by atoms with Crippen LogP contribution in [0, 0.1) is 0 Å². The Labute approximate surface area is 77.2 Å². The van der Waals surface area contributed by atoms with Crippen LogP contribution in [0.25, 0.3) is 0 Å². The van der Waals surface area contributed by atoms with Crippen molar-refractivity contribution in [1.29, 1.82) is 0 Å². The summed E-state index contributed by atoms with van der Waals surface area (Å²) in [4.78, 5) is 11.4. The molecule has 2 rings (SSSR count). The van der Waals surface area contributed by atoms with Crippen LogP contribution in [0.2, 0.25) is 0 Å². The van der Waals surface area contributed by atoms with Gasteiger partial charge in [-0.15, -0.1) is 0 Å². The van der Waals surface area contributed by atoms with Gasteiger partial charge in [-0.2, -0.15) is 0 Å². The second-order valence-electron chi connectivity index (χ2n) is 3.39. The summed E-state index contributed by atoms with van der Waals surface area (Å²) < 4.78 is 0. The maximum Gasteiger partial charge on any atom is 0.163 e. The number of carbonyl (C=O) groups excluding carboxylic acids is 1. The Morgan fingerprint density at radius 3 is 2.92 bits per heavy atom. The third kappa shape index (κ3) is 1.49. The highest BCUT2D eigenvalue weighted by Gasteiger charge is 2.18. The van der Waals surface area contributed by atoms with Crippen LogP contribution in [0.4, 0.5) is 0 Å². The predicted molar refractivity (Wildman–Crippen MR) is 49.9 cm³/mol. The molecule has 1 aliphatic carbocycles. The number of hydrogen-bond acceptors (Lipinski definition) is 2. The monoisotopic (exact) mass is 176 g/mol. The van der Waals surface area contributed by atoms with Crippen LogP contribution in [-0.4, -0.2) is 17.5 Å². The largest absolute Gasteiger partial charge is 0.396 e. The first-order valence-electron chi connectivity index (χ1n) is 4.57. The van der Waals surface area contributed by atoms with Gasteiger partial charge in [-0.05, 0) is 30.0 Å². The molecule has 1 aromatic rings. The van der Waals surface area contributed by atoms with Gasteiger partial charge in [0.05, 0.1) is 0 Å². The number of carbonyl (C=O) groups is 1. The summed E-state index contributed by atoms with van der Waals surface area (Å²) in [6.07, 6.45) is 2.17. The fourth-order valence-corrected chi connectivity index (χ4v) is 1.77. The van der Waals surface area contributed by atoms with E-state index in [1.807, 2.05) is 18.2 Å². The van der Waals surface area contributed by atoms with Gasteiger partial charge in [0.25, 0.3) is 0 Å². The number of rotatable bonds is 2. The minimum absolute atomic E-state index is 0.146. The van der Waals surface area contributed by atoms with Gasteiger partial charge in [0.1, 0.15) is 0 Å². The fourth-order valence-electron chi connectivity index (χ4n) is 1.77. The summed E-state index contributed by atoms with van der Waals surface area (Å²) >= 11 is 0. The Morgan fingerprint density at radius 1 is 1.31 bits per heavy atom. The molecule has 0 aliphatic heterocycles. The van der Waals surface area contributed by atoms with Crippen molar-refractivity contribution in [2.75, 3.05) is 6.61 Å². The maximum atomic E-state index is 11.4. The number of Topliss-reactive ketones (excluding diaryl/α,β-unsaturated/α-hetero) is 1. The predicted octanol–water partition coefficient (Wildman–Crippen LogP) is 1.35. The molecule has 2 heteroatoms. The molecule has 0 spiro atoms. The summed E-state index contributed by atoms with van der Waals surface area (Å²) in [5, 5.41) is 8.75. The van der Waals surface area contributed by atoms with Gasteiger partial charge in [-0.25, -0.2) is 0 Å². The topological polar surface area (TPSA) is 37.3 Å². The number of benzene rings is 1. The molecule has 13 heavy (non-hydrogen) atoms. The summed E-state index contributed by atoms with van der Waals surface area (Å²) in [5.41, 5.74) is 3.08. The summed E-state index contributed by atoms with van der Waals surface area (Å²) in [6.45, 7) is 0.146. The van der Waals surface area contributed by atoms with E-state index in [4.69, 9.17) is 5.11 Å². The highest BCUT2D eigenvalue weighted by atomic mass is 16.2. The minimum Gasteiger partial charge on any atom is -0.396 e. The summed E-state index contributed by atoms with van der Waals surface area (Å²) in [6, 6.07) is 5.92. The summed E-state index contributed by atoms with van der Waals surface area (Å²) in [7, 11) is 0. The van der Waals surface area contributed by atoms with E-state index in [1.54, 1.807) is 0 Å². The Hall–Kier alpha value is -1.15. The van der Waals surface area contributed by atoms with Crippen molar-refractivity contribution in [1.82, 2.24) is 0 Å². The van der Waals surface area contributed by atoms with Gasteiger partial charge in [-0.1, -0.05) is 12.1 Å². The van der Waals surface area contributed by atoms with E-state index in [2.05, 4.69) is 0 Å². The van der Waals surface area contributed by atoms with Gasteiger partial charge in [0.15, 0.2) is 5.78 Å². The van der Waals surface area contributed by atoms with Crippen LogP contribution in [0.15, 0.2) is 18.2 Å². The lowest BCUT2D eigenvalue weighted by atomic mass is 10.0. The number of aliphatic hydroxyl groups is 1. The lowest BCUT2D eigenvalue weighted by Crippen LogP contribution is -1.95. The molecule has 2 nitrogen and oxygen atoms in total. The minimum atomic E-state index is 0.146. The first kappa shape index (κ1) is 8.45. The molecular formula is C11H12O2.